The van der Waals surface area contributed by atoms with Crippen LogP contribution in [0.3, 0.4) is 0 Å². The summed E-state index contributed by atoms with van der Waals surface area (Å²) >= 11 is 0. The van der Waals surface area contributed by atoms with Crippen molar-refractivity contribution in [3.8, 4) is 44.8 Å². The number of benzene rings is 10. The van der Waals surface area contributed by atoms with E-state index in [0.29, 0.717) is 43.8 Å². The maximum atomic E-state index is 7.55. The quantitative estimate of drug-likeness (QED) is 0.158. The van der Waals surface area contributed by atoms with Crippen molar-refractivity contribution < 1.29 is 0 Å². The van der Waals surface area contributed by atoms with Crippen molar-refractivity contribution >= 4 is 137 Å². The highest BCUT2D eigenvalue weighted by Gasteiger charge is 2.46. The topological polar surface area (TPSA) is 9.86 Å². The first kappa shape index (κ1) is 42.4. The average Bonchev–Trinajstić information content (AvgIpc) is 4.05. The molecule has 1 aliphatic rings. The first-order valence-electron chi connectivity index (χ1n) is 23.3. The molecule has 2 heterocycles. The molecule has 2 nitrogen and oxygen atoms in total. The second-order valence-electron chi connectivity index (χ2n) is 18.3. The Labute approximate surface area is 416 Å². The van der Waals surface area contributed by atoms with Crippen LogP contribution in [0.2, 0.25) is 0 Å². The first-order chi connectivity index (χ1) is 34.2. The van der Waals surface area contributed by atoms with Crippen molar-refractivity contribution in [2.45, 2.75) is 5.41 Å². The van der Waals surface area contributed by atoms with E-state index in [1.165, 1.54) is 22.3 Å². The molecule has 14 radical (unpaired) electrons. The molecule has 0 saturated carbocycles. The molecule has 0 N–H and O–H groups in total. The molecule has 10 aromatic carbocycles. The van der Waals surface area contributed by atoms with Crippen molar-refractivity contribution in [1.82, 2.24) is 9.13 Å². The molecule has 0 unspecified atom stereocenters. The van der Waals surface area contributed by atoms with Gasteiger partial charge in [0.2, 0.25) is 0 Å². The first-order valence-corrected chi connectivity index (χ1v) is 23.3. The number of hydrogen-bond donors (Lipinski definition) is 0. The molecular formula is C61H33B7N2. The highest BCUT2D eigenvalue weighted by molar-refractivity contribution is 6.69. The molecule has 0 saturated heterocycles. The zero-order valence-corrected chi connectivity index (χ0v) is 38.0. The number of hydrogen-bond acceptors (Lipinski definition) is 0. The van der Waals surface area contributed by atoms with Gasteiger partial charge in [0.25, 0.3) is 0 Å². The SMILES string of the molecule is [B]c1c([B])c([B])c2c(c1[B])c1c([B])c(-c3ccc4c(c3)c3cc(-c5ccccc5)ccc3n4-c3ccccc3)c([B])c([B])c1n2-c1cccc(C2(c3ccccc3)c3ccccc3-c3ccccc32)c1. The van der Waals surface area contributed by atoms with Crippen LogP contribution in [-0.2, 0) is 5.41 Å². The largest absolute Gasteiger partial charge is 0.311 e. The monoisotopic (exact) mass is 870 g/mol. The average molecular weight is 870 g/mol. The smallest absolute Gasteiger partial charge is 0.115 e. The molecule has 0 bridgehead atoms. The van der Waals surface area contributed by atoms with Gasteiger partial charge >= 0.3 is 0 Å². The van der Waals surface area contributed by atoms with Crippen molar-refractivity contribution in [3.63, 3.8) is 0 Å². The standard InChI is InChI=1S/C61H33B7N2/c62-52-49(36-28-30-48-44(32-36)43-31-35(34-15-4-1-5-16-34)27-29-47(43)69(48)39-20-8-3-9-21-39)53(63)57(67)59-50(52)51-54(64)55(65)56(66)58(68)60(51)70(59)40-22-14-19-38(33-40)61(37-17-6-2-7-18-37)45-25-12-10-23-41(45)42-24-11-13-26-46(42)61/h1-33H. The molecule has 0 fully saturated rings. The van der Waals surface area contributed by atoms with Gasteiger partial charge in [0.15, 0.2) is 0 Å². The molecule has 12 aromatic rings. The third-order valence-electron chi connectivity index (χ3n) is 14.8. The fourth-order valence-corrected chi connectivity index (χ4v) is 11.7. The predicted molar refractivity (Wildman–Crippen MR) is 301 cm³/mol. The Morgan fingerprint density at radius 2 is 0.800 bits per heavy atom. The van der Waals surface area contributed by atoms with Crippen LogP contribution in [0.5, 0.6) is 0 Å². The summed E-state index contributed by atoms with van der Waals surface area (Å²) in [6.07, 6.45) is 0. The Hall–Kier alpha value is -7.75. The van der Waals surface area contributed by atoms with E-state index in [0.717, 1.165) is 61.0 Å². The third kappa shape index (κ3) is 5.84. The molecule has 1 aliphatic carbocycles. The molecule has 9 heteroatoms. The minimum Gasteiger partial charge on any atom is -0.311 e. The number of nitrogens with zero attached hydrogens (tertiary/aromatic N) is 2. The van der Waals surface area contributed by atoms with Gasteiger partial charge in [-0.25, -0.2) is 0 Å². The minimum atomic E-state index is -0.682. The maximum Gasteiger partial charge on any atom is 0.115 e. The molecule has 0 spiro atoms. The van der Waals surface area contributed by atoms with Crippen LogP contribution in [0, 0.1) is 0 Å². The predicted octanol–water partition coefficient (Wildman–Crippen LogP) is 7.13. The fourth-order valence-electron chi connectivity index (χ4n) is 11.7. The molecule has 0 aliphatic heterocycles. The summed E-state index contributed by atoms with van der Waals surface area (Å²) in [4.78, 5) is 0. The van der Waals surface area contributed by atoms with Gasteiger partial charge in [-0.3, -0.25) is 0 Å². The Kier molecular flexibility index (Phi) is 9.62. The zero-order valence-electron chi connectivity index (χ0n) is 38.0. The lowest BCUT2D eigenvalue weighted by atomic mass is 9.64. The number of aromatic nitrogens is 2. The van der Waals surface area contributed by atoms with E-state index in [2.05, 4.69) is 187 Å². The molecule has 70 heavy (non-hydrogen) atoms. The van der Waals surface area contributed by atoms with Crippen LogP contribution < -0.4 is 38.2 Å². The lowest BCUT2D eigenvalue weighted by Crippen LogP contribution is -2.48. The van der Waals surface area contributed by atoms with E-state index >= 15 is 0 Å². The summed E-state index contributed by atoms with van der Waals surface area (Å²) in [5, 5.41) is 3.21. The van der Waals surface area contributed by atoms with Gasteiger partial charge in [0.1, 0.15) is 54.9 Å². The van der Waals surface area contributed by atoms with Crippen LogP contribution in [0.25, 0.3) is 88.4 Å². The normalized spacial score (nSPS) is 12.8. The van der Waals surface area contributed by atoms with Crippen molar-refractivity contribution in [1.29, 1.82) is 0 Å². The second kappa shape index (κ2) is 15.9. The van der Waals surface area contributed by atoms with Crippen LogP contribution >= 0.6 is 0 Å². The van der Waals surface area contributed by atoms with E-state index in [-0.39, 0.29) is 21.9 Å². The van der Waals surface area contributed by atoms with Gasteiger partial charge in [0, 0.05) is 38.6 Å². The van der Waals surface area contributed by atoms with Crippen LogP contribution in [-0.4, -0.2) is 64.1 Å². The maximum absolute atomic E-state index is 7.55. The van der Waals surface area contributed by atoms with Gasteiger partial charge in [0.05, 0.1) is 16.4 Å². The fraction of sp³-hybridized carbons (Fsp3) is 0.0164. The van der Waals surface area contributed by atoms with E-state index < -0.39 is 5.41 Å². The van der Waals surface area contributed by atoms with Crippen molar-refractivity contribution in [2.24, 2.45) is 0 Å². The minimum absolute atomic E-state index is 0.167. The summed E-state index contributed by atoms with van der Waals surface area (Å²) in [6.45, 7) is 0. The number of para-hydroxylation sites is 1. The number of fused-ring (bicyclic) bond motifs is 9. The highest BCUT2D eigenvalue weighted by Crippen LogP contribution is 2.56. The lowest BCUT2D eigenvalue weighted by molar-refractivity contribution is 0.767. The van der Waals surface area contributed by atoms with Crippen molar-refractivity contribution in [3.05, 3.63) is 222 Å². The van der Waals surface area contributed by atoms with Crippen molar-refractivity contribution in [2.75, 3.05) is 0 Å². The Morgan fingerprint density at radius 3 is 1.44 bits per heavy atom. The Bertz CT molecular complexity index is 4100. The molecular weight excluding hydrogens is 836 g/mol. The molecule has 13 rings (SSSR count). The van der Waals surface area contributed by atoms with Gasteiger partial charge in [-0.1, -0.05) is 179 Å². The summed E-state index contributed by atoms with van der Waals surface area (Å²) in [5.74, 6) is 0. The van der Waals surface area contributed by atoms with Crippen LogP contribution in [0.15, 0.2) is 200 Å². The molecule has 308 valence electrons. The van der Waals surface area contributed by atoms with Gasteiger partial charge in [-0.2, -0.15) is 0 Å². The summed E-state index contributed by atoms with van der Waals surface area (Å²) < 4.78 is 4.30. The summed E-state index contributed by atoms with van der Waals surface area (Å²) in [6, 6.07) is 70.2. The van der Waals surface area contributed by atoms with Crippen LogP contribution in [0.4, 0.5) is 0 Å². The van der Waals surface area contributed by atoms with E-state index in [1.807, 2.05) is 22.8 Å². The van der Waals surface area contributed by atoms with E-state index in [9.17, 15) is 0 Å². The Morgan fingerprint density at radius 1 is 0.314 bits per heavy atom. The van der Waals surface area contributed by atoms with E-state index in [4.69, 9.17) is 54.9 Å². The zero-order chi connectivity index (χ0) is 47.6. The molecule has 0 atom stereocenters. The molecule has 0 amide bonds. The van der Waals surface area contributed by atoms with Crippen LogP contribution in [0.1, 0.15) is 22.3 Å². The van der Waals surface area contributed by atoms with Gasteiger partial charge in [-0.15, -0.1) is 10.9 Å². The highest BCUT2D eigenvalue weighted by atomic mass is 15.0. The number of rotatable bonds is 6. The Balaban J connectivity index is 1.09. The third-order valence-corrected chi connectivity index (χ3v) is 14.8. The second-order valence-corrected chi connectivity index (χ2v) is 18.3. The summed E-state index contributed by atoms with van der Waals surface area (Å²) in [7, 11) is 49.9. The van der Waals surface area contributed by atoms with E-state index in [1.54, 1.807) is 0 Å². The van der Waals surface area contributed by atoms with Gasteiger partial charge in [-0.05, 0) is 110 Å². The summed E-state index contributed by atoms with van der Waals surface area (Å²) in [5.41, 5.74) is 16.6. The molecule has 2 aromatic heterocycles. The lowest BCUT2D eigenvalue weighted by Gasteiger charge is -2.34. The van der Waals surface area contributed by atoms with Gasteiger partial charge < -0.3 is 9.13 Å².